The van der Waals surface area contributed by atoms with Crippen molar-refractivity contribution >= 4 is 66.1 Å². The van der Waals surface area contributed by atoms with Gasteiger partial charge < -0.3 is 22.7 Å². The average molecular weight is 1000 g/mol. The van der Waals surface area contributed by atoms with E-state index in [0.717, 1.165) is 66.8 Å². The van der Waals surface area contributed by atoms with Crippen molar-refractivity contribution in [3.8, 4) is 66.8 Å². The van der Waals surface area contributed by atoms with Gasteiger partial charge in [-0.05, 0) is 140 Å². The molecule has 0 aromatic heterocycles. The second-order valence-corrected chi connectivity index (χ2v) is 19.7. The Labute approximate surface area is 433 Å². The van der Waals surface area contributed by atoms with Gasteiger partial charge in [-0.1, -0.05) is 146 Å². The Morgan fingerprint density at radius 2 is 0.432 bits per heavy atom. The molecular weight excluding hydrogens is 967 g/mol. The van der Waals surface area contributed by atoms with Gasteiger partial charge in [0.1, 0.15) is 0 Å². The number of hydrogen-bond acceptors (Lipinski definition) is 12. The molecule has 0 atom stereocenters. The molecule has 0 spiro atoms. The molecule has 8 bridgehead atoms. The fraction of sp³-hybridized carbons (Fsp3) is 0. The molecule has 0 saturated heterocycles. The Bertz CT molecular complexity index is 3250. The van der Waals surface area contributed by atoms with Gasteiger partial charge in [-0.25, -0.2) is 28.8 Å². The highest BCUT2D eigenvalue weighted by molar-refractivity contribution is 6.46. The zero-order valence-corrected chi connectivity index (χ0v) is 41.1. The fourth-order valence-electron chi connectivity index (χ4n) is 8.75. The first-order chi connectivity index (χ1) is 36.1. The van der Waals surface area contributed by atoms with Crippen LogP contribution >= 0.6 is 0 Å². The van der Waals surface area contributed by atoms with Gasteiger partial charge in [-0.2, -0.15) is 0 Å². The summed E-state index contributed by atoms with van der Waals surface area (Å²) in [6.45, 7) is 0. The molecule has 9 aromatic carbocycles. The van der Waals surface area contributed by atoms with E-state index in [0.29, 0.717) is 0 Å². The predicted molar refractivity (Wildman–Crippen MR) is 276 cm³/mol. The summed E-state index contributed by atoms with van der Waals surface area (Å²) in [5.41, 5.74) is 11.2. The van der Waals surface area contributed by atoms with Gasteiger partial charge in [0, 0.05) is 0 Å². The maximum absolute atomic E-state index is 13.6. The fourth-order valence-corrected chi connectivity index (χ4v) is 10.9. The summed E-state index contributed by atoms with van der Waals surface area (Å²) in [5, 5.41) is 0. The first-order valence-corrected chi connectivity index (χ1v) is 26.1. The van der Waals surface area contributed by atoms with Crippen molar-refractivity contribution < 1.29 is 51.5 Å². The number of benzene rings is 9. The Morgan fingerprint density at radius 1 is 0.257 bits per heavy atom. The molecule has 0 aliphatic carbocycles. The SMILES string of the molecule is O=C([O][Al]1[O]C(=O)c2ccc(cc2)-c2ccccc2-c2ccc(cc2)C(=O)[O]1)c1ccc(-c2ccccc2-c2ccc(C(=O)[O][Al]3[O]C(=O)c4ccc(cc4)-c4ccccc4-c4ccc(cc4)C(=O)[O]3)cc2)cc1. The second kappa shape index (κ2) is 20.5. The molecule has 0 unspecified atom stereocenters. The zero-order chi connectivity index (χ0) is 50.7. The lowest BCUT2D eigenvalue weighted by Gasteiger charge is -2.15. The van der Waals surface area contributed by atoms with Crippen molar-refractivity contribution in [3.63, 3.8) is 0 Å². The zero-order valence-electron chi connectivity index (χ0n) is 38.8. The van der Waals surface area contributed by atoms with Gasteiger partial charge >= 0.3 is 66.1 Å². The lowest BCUT2D eigenvalue weighted by molar-refractivity contribution is 0.0378. The normalized spacial score (nSPS) is 12.9. The summed E-state index contributed by atoms with van der Waals surface area (Å²) in [6.07, 6.45) is 0. The van der Waals surface area contributed by atoms with Crippen LogP contribution < -0.4 is 0 Å². The number of hydrogen-bond donors (Lipinski definition) is 0. The smallest absolute Gasteiger partial charge is 0.547 e. The van der Waals surface area contributed by atoms with Crippen molar-refractivity contribution in [3.05, 3.63) is 252 Å². The van der Waals surface area contributed by atoms with Gasteiger partial charge in [0.05, 0.1) is 33.4 Å². The molecule has 8 aliphatic rings. The molecule has 0 N–H and O–H groups in total. The Hall–Kier alpha value is -9.14. The van der Waals surface area contributed by atoms with Crippen LogP contribution in [0.3, 0.4) is 0 Å². The minimum absolute atomic E-state index is 0.112. The quantitative estimate of drug-likeness (QED) is 0.145. The maximum Gasteiger partial charge on any atom is 1.20 e. The van der Waals surface area contributed by atoms with Crippen LogP contribution in [-0.2, 0) is 22.7 Å². The third-order valence-electron chi connectivity index (χ3n) is 12.6. The molecule has 8 heterocycles. The van der Waals surface area contributed by atoms with Crippen LogP contribution in [0.15, 0.2) is 218 Å². The Kier molecular flexibility index (Phi) is 13.1. The van der Waals surface area contributed by atoms with Crippen molar-refractivity contribution in [2.45, 2.75) is 0 Å². The van der Waals surface area contributed by atoms with E-state index < -0.39 is 66.1 Å². The monoisotopic (exact) mass is 1000 g/mol. The van der Waals surface area contributed by atoms with E-state index >= 15 is 0 Å². The molecule has 14 heteroatoms. The minimum atomic E-state index is -3.80. The maximum atomic E-state index is 13.6. The molecule has 8 aliphatic heterocycles. The van der Waals surface area contributed by atoms with E-state index in [-0.39, 0.29) is 33.4 Å². The van der Waals surface area contributed by atoms with E-state index in [1.165, 1.54) is 0 Å². The highest BCUT2D eigenvalue weighted by Crippen LogP contribution is 2.36. The average Bonchev–Trinajstić information content (AvgIpc) is 3.46. The highest BCUT2D eigenvalue weighted by atomic mass is 27.3. The Morgan fingerprint density at radius 3 is 0.635 bits per heavy atom. The molecule has 0 amide bonds. The van der Waals surface area contributed by atoms with E-state index in [4.69, 9.17) is 22.7 Å². The molecule has 17 rings (SSSR count). The third kappa shape index (κ3) is 9.90. The number of carbonyl (C=O) groups is 6. The number of carbonyl (C=O) groups excluding carboxylic acids is 6. The molecular formula is C60H36Al2O12. The molecule has 12 nitrogen and oxygen atoms in total. The van der Waals surface area contributed by atoms with Crippen molar-refractivity contribution in [1.82, 2.24) is 0 Å². The summed E-state index contributed by atoms with van der Waals surface area (Å²) < 4.78 is 33.7. The lowest BCUT2D eigenvalue weighted by Crippen LogP contribution is -2.35. The van der Waals surface area contributed by atoms with E-state index in [1.54, 1.807) is 146 Å². The van der Waals surface area contributed by atoms with Gasteiger partial charge in [-0.3, -0.25) is 0 Å². The van der Waals surface area contributed by atoms with Crippen molar-refractivity contribution in [2.75, 3.05) is 0 Å². The summed E-state index contributed by atoms with van der Waals surface area (Å²) >= 11 is -7.60. The molecule has 74 heavy (non-hydrogen) atoms. The van der Waals surface area contributed by atoms with Crippen molar-refractivity contribution in [1.29, 1.82) is 0 Å². The molecule has 9 aromatic rings. The first-order valence-electron chi connectivity index (χ1n) is 23.3. The predicted octanol–water partition coefficient (Wildman–Crippen LogP) is 12.0. The summed E-state index contributed by atoms with van der Waals surface area (Å²) in [6, 6.07) is 63.4. The lowest BCUT2D eigenvalue weighted by atomic mass is 9.93. The summed E-state index contributed by atoms with van der Waals surface area (Å²) in [7, 11) is 0. The summed E-state index contributed by atoms with van der Waals surface area (Å²) in [4.78, 5) is 80.8. The second-order valence-electron chi connectivity index (χ2n) is 17.1. The van der Waals surface area contributed by atoms with Gasteiger partial charge in [-0.15, -0.1) is 0 Å². The van der Waals surface area contributed by atoms with E-state index in [2.05, 4.69) is 0 Å². The third-order valence-corrected chi connectivity index (χ3v) is 15.0. The first kappa shape index (κ1) is 47.2. The molecule has 0 radical (unpaired) electrons. The van der Waals surface area contributed by atoms with Crippen LogP contribution in [-0.4, -0.2) is 66.1 Å². The van der Waals surface area contributed by atoms with Crippen LogP contribution in [0.2, 0.25) is 0 Å². The van der Waals surface area contributed by atoms with Crippen LogP contribution in [0, 0.1) is 0 Å². The van der Waals surface area contributed by atoms with Crippen LogP contribution in [0.1, 0.15) is 62.1 Å². The number of rotatable bonds is 6. The molecule has 0 saturated carbocycles. The topological polar surface area (TPSA) is 158 Å². The standard InChI is InChI=1S/3C20H14O4.2Al/c3*21-19(22)15-9-5-13(6-10-15)17-3-1-2-4-18(17)14-7-11-16(12-8-14)20(23)24;;/h3*1-12H,(H,21,22)(H,23,24);;/q;;;2*+3/p-6. The Balaban J connectivity index is 0.785. The van der Waals surface area contributed by atoms with Crippen LogP contribution in [0.25, 0.3) is 66.8 Å². The molecule has 0 fully saturated rings. The van der Waals surface area contributed by atoms with E-state index in [9.17, 15) is 28.8 Å². The molecule has 354 valence electrons. The van der Waals surface area contributed by atoms with Gasteiger partial charge in [0.25, 0.3) is 0 Å². The van der Waals surface area contributed by atoms with Crippen molar-refractivity contribution in [2.24, 2.45) is 0 Å². The van der Waals surface area contributed by atoms with Gasteiger partial charge in [0.2, 0.25) is 0 Å². The largest absolute Gasteiger partial charge is 1.20 e. The summed E-state index contributed by atoms with van der Waals surface area (Å²) in [5.74, 6) is -5.00. The highest BCUT2D eigenvalue weighted by Gasteiger charge is 2.51. The minimum Gasteiger partial charge on any atom is -0.547 e. The van der Waals surface area contributed by atoms with Crippen LogP contribution in [0.4, 0.5) is 0 Å². The van der Waals surface area contributed by atoms with Gasteiger partial charge in [0.15, 0.2) is 0 Å². The van der Waals surface area contributed by atoms with Crippen LogP contribution in [0.5, 0.6) is 0 Å². The van der Waals surface area contributed by atoms with E-state index in [1.807, 2.05) is 72.8 Å².